The van der Waals surface area contributed by atoms with Gasteiger partial charge in [-0.1, -0.05) is 12.1 Å². The lowest BCUT2D eigenvalue weighted by molar-refractivity contribution is 0.0971. The van der Waals surface area contributed by atoms with Crippen LogP contribution in [0.5, 0.6) is 0 Å². The van der Waals surface area contributed by atoms with Gasteiger partial charge in [0, 0.05) is 63.1 Å². The van der Waals surface area contributed by atoms with Crippen molar-refractivity contribution < 1.29 is 9.18 Å². The fourth-order valence-electron chi connectivity index (χ4n) is 3.97. The van der Waals surface area contributed by atoms with E-state index in [9.17, 15) is 9.18 Å². The number of carbonyl (C=O) groups excluding carboxylic acids is 1. The molecule has 1 aromatic carbocycles. The summed E-state index contributed by atoms with van der Waals surface area (Å²) in [5.41, 5.74) is 2.84. The van der Waals surface area contributed by atoms with Crippen molar-refractivity contribution in [1.82, 2.24) is 9.47 Å². The van der Waals surface area contributed by atoms with Gasteiger partial charge >= 0.3 is 0 Å². The van der Waals surface area contributed by atoms with Gasteiger partial charge in [-0.15, -0.1) is 0 Å². The molecule has 4 nitrogen and oxygen atoms in total. The first kappa shape index (κ1) is 16.3. The summed E-state index contributed by atoms with van der Waals surface area (Å²) >= 11 is 0. The first-order chi connectivity index (χ1) is 12.2. The van der Waals surface area contributed by atoms with Gasteiger partial charge in [0.25, 0.3) is 0 Å². The van der Waals surface area contributed by atoms with E-state index in [-0.39, 0.29) is 5.82 Å². The maximum Gasteiger partial charge on any atom is 0.164 e. The normalized spacial score (nSPS) is 18.4. The maximum atomic E-state index is 13.9. The second-order valence-electron chi connectivity index (χ2n) is 6.93. The molecule has 0 spiro atoms. The fraction of sp³-hybridized carbons (Fsp3) is 0.450. The van der Waals surface area contributed by atoms with Crippen LogP contribution in [0.15, 0.2) is 36.5 Å². The number of ketones is 1. The minimum atomic E-state index is -0.139. The zero-order valence-electron chi connectivity index (χ0n) is 14.5. The molecule has 0 N–H and O–H groups in total. The molecule has 5 heteroatoms. The fourth-order valence-corrected chi connectivity index (χ4v) is 3.97. The Morgan fingerprint density at radius 2 is 1.76 bits per heavy atom. The number of rotatable bonds is 4. The second kappa shape index (κ2) is 7.00. The lowest BCUT2D eigenvalue weighted by atomic mass is 9.97. The Bertz CT molecular complexity index is 762. The summed E-state index contributed by atoms with van der Waals surface area (Å²) in [6, 6.07) is 8.98. The van der Waals surface area contributed by atoms with Crippen LogP contribution < -0.4 is 4.90 Å². The largest absolute Gasteiger partial charge is 0.367 e. The molecule has 0 radical (unpaired) electrons. The van der Waals surface area contributed by atoms with Gasteiger partial charge in [-0.05, 0) is 31.0 Å². The van der Waals surface area contributed by atoms with E-state index in [1.54, 1.807) is 6.07 Å². The van der Waals surface area contributed by atoms with Gasteiger partial charge in [0.2, 0.25) is 0 Å². The number of Topliss-reactive ketones (excluding diaryl/α,β-unsaturated/α-hetero) is 1. The van der Waals surface area contributed by atoms with Crippen molar-refractivity contribution in [3.05, 3.63) is 53.6 Å². The molecule has 2 aliphatic rings. The number of fused-ring (bicyclic) bond motifs is 1. The van der Waals surface area contributed by atoms with Crippen molar-refractivity contribution in [2.45, 2.75) is 25.8 Å². The predicted molar refractivity (Wildman–Crippen MR) is 96.8 cm³/mol. The average molecular weight is 341 g/mol. The Hall–Kier alpha value is -2.14. The maximum absolute atomic E-state index is 13.9. The lowest BCUT2D eigenvalue weighted by Crippen LogP contribution is -2.47. The highest BCUT2D eigenvalue weighted by Crippen LogP contribution is 2.23. The molecule has 1 aliphatic heterocycles. The zero-order chi connectivity index (χ0) is 17.2. The van der Waals surface area contributed by atoms with Gasteiger partial charge in [0.05, 0.1) is 5.69 Å². The molecule has 2 aromatic rings. The number of hydrogen-bond donors (Lipinski definition) is 0. The number of carbonyl (C=O) groups is 1. The Balaban J connectivity index is 1.33. The SMILES string of the molecule is O=C1CCCc2c1ccn2CCN1CCN(c2ccccc2F)CC1. The highest BCUT2D eigenvalue weighted by Gasteiger charge is 2.22. The molecule has 1 aromatic heterocycles. The van der Waals surface area contributed by atoms with Crippen molar-refractivity contribution in [2.75, 3.05) is 37.6 Å². The highest BCUT2D eigenvalue weighted by molar-refractivity contribution is 5.98. The van der Waals surface area contributed by atoms with E-state index < -0.39 is 0 Å². The molecule has 2 heterocycles. The van der Waals surface area contributed by atoms with E-state index in [2.05, 4.69) is 20.6 Å². The van der Waals surface area contributed by atoms with Crippen LogP contribution >= 0.6 is 0 Å². The summed E-state index contributed by atoms with van der Waals surface area (Å²) in [7, 11) is 0. The minimum absolute atomic E-state index is 0.139. The third kappa shape index (κ3) is 3.33. The van der Waals surface area contributed by atoms with E-state index in [0.717, 1.165) is 57.7 Å². The van der Waals surface area contributed by atoms with Crippen LogP contribution in [0.3, 0.4) is 0 Å². The molecule has 132 valence electrons. The number of nitrogens with zero attached hydrogens (tertiary/aromatic N) is 3. The Morgan fingerprint density at radius 3 is 2.56 bits per heavy atom. The number of para-hydroxylation sites is 1. The molecule has 1 fully saturated rings. The van der Waals surface area contributed by atoms with Crippen molar-refractivity contribution in [3.63, 3.8) is 0 Å². The van der Waals surface area contributed by atoms with Gasteiger partial charge in [0.1, 0.15) is 5.82 Å². The van der Waals surface area contributed by atoms with Crippen molar-refractivity contribution in [3.8, 4) is 0 Å². The van der Waals surface area contributed by atoms with Crippen molar-refractivity contribution in [1.29, 1.82) is 0 Å². The molecule has 4 rings (SSSR count). The van der Waals surface area contributed by atoms with E-state index in [1.165, 1.54) is 11.8 Å². The minimum Gasteiger partial charge on any atom is -0.367 e. The third-order valence-corrected chi connectivity index (χ3v) is 5.42. The third-order valence-electron chi connectivity index (χ3n) is 5.42. The summed E-state index contributed by atoms with van der Waals surface area (Å²) in [5, 5.41) is 0. The topological polar surface area (TPSA) is 28.5 Å². The molecule has 0 bridgehead atoms. The van der Waals surface area contributed by atoms with E-state index >= 15 is 0 Å². The molecule has 1 saturated heterocycles. The Morgan fingerprint density at radius 1 is 0.960 bits per heavy atom. The quantitative estimate of drug-likeness (QED) is 0.856. The average Bonchev–Trinajstić information content (AvgIpc) is 3.06. The van der Waals surface area contributed by atoms with Gasteiger partial charge in [-0.25, -0.2) is 4.39 Å². The first-order valence-electron chi connectivity index (χ1n) is 9.15. The van der Waals surface area contributed by atoms with Gasteiger partial charge in [0.15, 0.2) is 5.78 Å². The second-order valence-corrected chi connectivity index (χ2v) is 6.93. The molecule has 0 amide bonds. The lowest BCUT2D eigenvalue weighted by Gasteiger charge is -2.36. The van der Waals surface area contributed by atoms with Crippen LogP contribution in [0.4, 0.5) is 10.1 Å². The summed E-state index contributed by atoms with van der Waals surface area (Å²) in [5.74, 6) is 0.151. The van der Waals surface area contributed by atoms with Crippen LogP contribution in [0.1, 0.15) is 28.9 Å². The van der Waals surface area contributed by atoms with Crippen molar-refractivity contribution in [2.24, 2.45) is 0 Å². The number of halogens is 1. The first-order valence-corrected chi connectivity index (χ1v) is 9.15. The van der Waals surface area contributed by atoms with Gasteiger partial charge in [-0.2, -0.15) is 0 Å². The van der Waals surface area contributed by atoms with Crippen LogP contribution in [0.2, 0.25) is 0 Å². The molecule has 0 saturated carbocycles. The predicted octanol–water partition coefficient (Wildman–Crippen LogP) is 2.97. The van der Waals surface area contributed by atoms with Gasteiger partial charge < -0.3 is 9.47 Å². The van der Waals surface area contributed by atoms with E-state index in [0.29, 0.717) is 17.9 Å². The highest BCUT2D eigenvalue weighted by atomic mass is 19.1. The molecule has 0 atom stereocenters. The van der Waals surface area contributed by atoms with Crippen LogP contribution in [0.25, 0.3) is 0 Å². The smallest absolute Gasteiger partial charge is 0.164 e. The van der Waals surface area contributed by atoms with Crippen molar-refractivity contribution >= 4 is 11.5 Å². The monoisotopic (exact) mass is 341 g/mol. The molecule has 0 unspecified atom stereocenters. The molecular formula is C20H24FN3O. The number of benzene rings is 1. The number of aromatic nitrogens is 1. The Kier molecular flexibility index (Phi) is 4.57. The van der Waals surface area contributed by atoms with Crippen LogP contribution in [-0.2, 0) is 13.0 Å². The summed E-state index contributed by atoms with van der Waals surface area (Å²) in [6.07, 6.45) is 4.73. The number of hydrogen-bond acceptors (Lipinski definition) is 3. The summed E-state index contributed by atoms with van der Waals surface area (Å²) < 4.78 is 16.2. The summed E-state index contributed by atoms with van der Waals surface area (Å²) in [6.45, 7) is 5.47. The Labute approximate surface area is 147 Å². The summed E-state index contributed by atoms with van der Waals surface area (Å²) in [4.78, 5) is 16.5. The standard InChI is InChI=1S/C20H24FN3O/c21-17-4-1-2-5-19(17)24-14-11-22(12-15-24)10-13-23-9-8-16-18(23)6-3-7-20(16)25/h1-2,4-5,8-9H,3,6-7,10-15H2. The molecular weight excluding hydrogens is 317 g/mol. The van der Waals surface area contributed by atoms with E-state index in [4.69, 9.17) is 0 Å². The zero-order valence-corrected chi connectivity index (χ0v) is 14.5. The number of piperazine rings is 1. The molecule has 1 aliphatic carbocycles. The number of anilines is 1. The van der Waals surface area contributed by atoms with Crippen LogP contribution in [-0.4, -0.2) is 48.0 Å². The van der Waals surface area contributed by atoms with Gasteiger partial charge in [-0.3, -0.25) is 9.69 Å². The molecule has 25 heavy (non-hydrogen) atoms. The van der Waals surface area contributed by atoms with Crippen LogP contribution in [0, 0.1) is 5.82 Å². The van der Waals surface area contributed by atoms with E-state index in [1.807, 2.05) is 18.2 Å².